The van der Waals surface area contributed by atoms with Crippen LogP contribution in [-0.4, -0.2) is 55.5 Å². The zero-order valence-corrected chi connectivity index (χ0v) is 14.3. The predicted molar refractivity (Wildman–Crippen MR) is 93.8 cm³/mol. The van der Waals surface area contributed by atoms with E-state index in [-0.39, 0.29) is 24.0 Å². The normalized spacial score (nSPS) is 18.2. The molecule has 2 aliphatic rings. The average molecular weight is 386 g/mol. The summed E-state index contributed by atoms with van der Waals surface area (Å²) >= 11 is 0. The van der Waals surface area contributed by atoms with Crippen LogP contribution in [0.15, 0.2) is 29.3 Å². The van der Waals surface area contributed by atoms with Gasteiger partial charge in [-0.2, -0.15) is 0 Å². The summed E-state index contributed by atoms with van der Waals surface area (Å²) in [4.78, 5) is 9.15. The Morgan fingerprint density at radius 3 is 2.75 bits per heavy atom. The van der Waals surface area contributed by atoms with Gasteiger partial charge in [0, 0.05) is 39.8 Å². The highest BCUT2D eigenvalue weighted by molar-refractivity contribution is 14.0. The summed E-state index contributed by atoms with van der Waals surface area (Å²) in [5, 5.41) is 3.44. The molecule has 0 radical (unpaired) electrons. The summed E-state index contributed by atoms with van der Waals surface area (Å²) in [5.74, 6) is 1.05. The summed E-state index contributed by atoms with van der Waals surface area (Å²) in [6.07, 6.45) is 1.18. The summed E-state index contributed by atoms with van der Waals surface area (Å²) in [7, 11) is 2.09. The van der Waals surface area contributed by atoms with E-state index in [1.54, 1.807) is 0 Å². The predicted octanol–water partition coefficient (Wildman–Crippen LogP) is 1.55. The maximum Gasteiger partial charge on any atom is 0.193 e. The fourth-order valence-electron chi connectivity index (χ4n) is 2.79. The first-order valence-corrected chi connectivity index (χ1v) is 7.11. The van der Waals surface area contributed by atoms with Gasteiger partial charge < -0.3 is 10.2 Å². The van der Waals surface area contributed by atoms with Crippen LogP contribution in [0.2, 0.25) is 0 Å². The zero-order chi connectivity index (χ0) is 13.1. The number of benzene rings is 1. The second kappa shape index (κ2) is 7.26. The number of rotatable bonds is 3. The molecule has 3 rings (SSSR count). The number of guanidine groups is 1. The minimum Gasteiger partial charge on any atom is -0.355 e. The number of fused-ring (bicyclic) bond motifs is 1. The van der Waals surface area contributed by atoms with E-state index in [0.29, 0.717) is 0 Å². The molecule has 1 N–H and O–H groups in total. The number of hydrogen-bond acceptors (Lipinski definition) is 4. The third-order valence-electron chi connectivity index (χ3n) is 3.98. The standard InChI is InChI=1S/C15H22N4.HI/c1-18-10-7-16-15(18)17-8-11-19-9-6-13-4-2-3-5-14(13)12-19;/h2-5H,6-12H2,1H3,(H,16,17);1H. The molecule has 0 amide bonds. The lowest BCUT2D eigenvalue weighted by Crippen LogP contribution is -2.41. The van der Waals surface area contributed by atoms with E-state index in [1.165, 1.54) is 24.1 Å². The van der Waals surface area contributed by atoms with Crippen LogP contribution in [0.25, 0.3) is 0 Å². The van der Waals surface area contributed by atoms with Gasteiger partial charge in [-0.15, -0.1) is 24.0 Å². The number of aliphatic imine (C=N–C) groups is 1. The van der Waals surface area contributed by atoms with Gasteiger partial charge in [-0.25, -0.2) is 0 Å². The Balaban J connectivity index is 0.00000147. The van der Waals surface area contributed by atoms with Crippen molar-refractivity contribution in [2.45, 2.75) is 13.0 Å². The molecule has 20 heavy (non-hydrogen) atoms. The van der Waals surface area contributed by atoms with E-state index in [1.807, 2.05) is 0 Å². The van der Waals surface area contributed by atoms with E-state index in [9.17, 15) is 0 Å². The fraction of sp³-hybridized carbons (Fsp3) is 0.533. The Morgan fingerprint density at radius 1 is 1.20 bits per heavy atom. The average Bonchev–Trinajstić information content (AvgIpc) is 2.84. The van der Waals surface area contributed by atoms with E-state index < -0.39 is 0 Å². The minimum absolute atomic E-state index is 0. The zero-order valence-electron chi connectivity index (χ0n) is 12.0. The summed E-state index contributed by atoms with van der Waals surface area (Å²) < 4.78 is 0. The molecule has 0 saturated heterocycles. The van der Waals surface area contributed by atoms with Crippen LogP contribution < -0.4 is 5.32 Å². The van der Waals surface area contributed by atoms with Gasteiger partial charge in [-0.1, -0.05) is 24.3 Å². The number of nitrogens with zero attached hydrogens (tertiary/aromatic N) is 3. The molecular weight excluding hydrogens is 363 g/mol. The third kappa shape index (κ3) is 3.63. The van der Waals surface area contributed by atoms with E-state index in [2.05, 4.69) is 51.4 Å². The van der Waals surface area contributed by atoms with Crippen molar-refractivity contribution >= 4 is 29.9 Å². The van der Waals surface area contributed by atoms with Crippen LogP contribution in [-0.2, 0) is 13.0 Å². The Morgan fingerprint density at radius 2 is 2.00 bits per heavy atom. The monoisotopic (exact) mass is 386 g/mol. The molecule has 2 heterocycles. The summed E-state index contributed by atoms with van der Waals surface area (Å²) in [6, 6.07) is 8.80. The fourth-order valence-corrected chi connectivity index (χ4v) is 2.79. The molecule has 0 saturated carbocycles. The van der Waals surface area contributed by atoms with Crippen molar-refractivity contribution in [3.05, 3.63) is 35.4 Å². The molecule has 0 unspecified atom stereocenters. The lowest BCUT2D eigenvalue weighted by Gasteiger charge is -2.29. The molecule has 5 heteroatoms. The second-order valence-corrected chi connectivity index (χ2v) is 5.35. The summed E-state index contributed by atoms with van der Waals surface area (Å²) in [5.41, 5.74) is 3.01. The first kappa shape index (κ1) is 15.6. The Labute approximate surface area is 138 Å². The van der Waals surface area contributed by atoms with Crippen LogP contribution in [0.3, 0.4) is 0 Å². The van der Waals surface area contributed by atoms with Crippen molar-refractivity contribution in [2.75, 3.05) is 39.8 Å². The lowest BCUT2D eigenvalue weighted by atomic mass is 10.00. The molecule has 0 fully saturated rings. The molecule has 0 bridgehead atoms. The van der Waals surface area contributed by atoms with Crippen molar-refractivity contribution in [1.82, 2.24) is 15.1 Å². The van der Waals surface area contributed by atoms with Gasteiger partial charge in [0.25, 0.3) is 0 Å². The maximum absolute atomic E-state index is 4.45. The first-order valence-electron chi connectivity index (χ1n) is 7.11. The van der Waals surface area contributed by atoms with Crippen LogP contribution in [0.1, 0.15) is 11.1 Å². The smallest absolute Gasteiger partial charge is 0.193 e. The highest BCUT2D eigenvalue weighted by atomic mass is 127. The molecule has 110 valence electrons. The largest absolute Gasteiger partial charge is 0.355 e. The van der Waals surface area contributed by atoms with Gasteiger partial charge in [-0.05, 0) is 17.5 Å². The maximum atomic E-state index is 4.45. The Hall–Kier alpha value is -0.820. The Bertz CT molecular complexity index is 475. The topological polar surface area (TPSA) is 30.9 Å². The van der Waals surface area contributed by atoms with Crippen molar-refractivity contribution in [3.63, 3.8) is 0 Å². The number of nitrogens with one attached hydrogen (secondary N) is 1. The molecule has 0 aromatic heterocycles. The highest BCUT2D eigenvalue weighted by Gasteiger charge is 2.16. The SMILES string of the molecule is CN1CCN=C1NCCN1CCc2ccccc2C1.I. The number of halogens is 1. The van der Waals surface area contributed by atoms with Gasteiger partial charge in [0.1, 0.15) is 0 Å². The third-order valence-corrected chi connectivity index (χ3v) is 3.98. The van der Waals surface area contributed by atoms with Crippen molar-refractivity contribution < 1.29 is 0 Å². The van der Waals surface area contributed by atoms with Gasteiger partial charge in [-0.3, -0.25) is 9.89 Å². The summed E-state index contributed by atoms with van der Waals surface area (Å²) in [6.45, 7) is 6.28. The molecule has 1 aromatic rings. The molecule has 4 nitrogen and oxygen atoms in total. The van der Waals surface area contributed by atoms with Gasteiger partial charge in [0.05, 0.1) is 6.54 Å². The van der Waals surface area contributed by atoms with E-state index in [0.717, 1.165) is 38.7 Å². The highest BCUT2D eigenvalue weighted by Crippen LogP contribution is 2.17. The lowest BCUT2D eigenvalue weighted by molar-refractivity contribution is 0.257. The van der Waals surface area contributed by atoms with Gasteiger partial charge >= 0.3 is 0 Å². The number of likely N-dealkylation sites (N-methyl/N-ethyl adjacent to an activating group) is 1. The molecular formula is C15H23IN4. The molecule has 1 aromatic carbocycles. The Kier molecular flexibility index (Phi) is 5.65. The molecule has 0 aliphatic carbocycles. The van der Waals surface area contributed by atoms with Crippen molar-refractivity contribution in [1.29, 1.82) is 0 Å². The minimum atomic E-state index is 0. The number of hydrogen-bond donors (Lipinski definition) is 1. The van der Waals surface area contributed by atoms with Gasteiger partial charge in [0.15, 0.2) is 5.96 Å². The van der Waals surface area contributed by atoms with E-state index >= 15 is 0 Å². The first-order chi connectivity index (χ1) is 9.33. The van der Waals surface area contributed by atoms with Crippen LogP contribution in [0, 0.1) is 0 Å². The van der Waals surface area contributed by atoms with Gasteiger partial charge in [0.2, 0.25) is 0 Å². The second-order valence-electron chi connectivity index (χ2n) is 5.35. The van der Waals surface area contributed by atoms with E-state index in [4.69, 9.17) is 0 Å². The molecule has 0 spiro atoms. The van der Waals surface area contributed by atoms with Crippen LogP contribution >= 0.6 is 24.0 Å². The van der Waals surface area contributed by atoms with Crippen LogP contribution in [0.4, 0.5) is 0 Å². The van der Waals surface area contributed by atoms with Crippen LogP contribution in [0.5, 0.6) is 0 Å². The van der Waals surface area contributed by atoms with Crippen molar-refractivity contribution in [3.8, 4) is 0 Å². The molecule has 2 aliphatic heterocycles. The van der Waals surface area contributed by atoms with Crippen molar-refractivity contribution in [2.24, 2.45) is 4.99 Å². The molecule has 0 atom stereocenters. The quantitative estimate of drug-likeness (QED) is 0.800.